The number of carbonyl (C=O) groups excluding carboxylic acids is 1. The summed E-state index contributed by atoms with van der Waals surface area (Å²) < 4.78 is 27.9. The molecule has 2 heterocycles. The molecule has 2 aliphatic heterocycles. The van der Waals surface area contributed by atoms with E-state index in [4.69, 9.17) is 16.6 Å². The predicted molar refractivity (Wildman–Crippen MR) is 143 cm³/mol. The van der Waals surface area contributed by atoms with Crippen molar-refractivity contribution in [2.75, 3.05) is 44.2 Å². The van der Waals surface area contributed by atoms with Crippen molar-refractivity contribution in [1.29, 1.82) is 0 Å². The van der Waals surface area contributed by atoms with Gasteiger partial charge in [-0.2, -0.15) is 0 Å². The van der Waals surface area contributed by atoms with Crippen molar-refractivity contribution in [1.82, 2.24) is 9.80 Å². The zero-order chi connectivity index (χ0) is 26.0. The molecule has 1 unspecified atom stereocenters. The molecule has 192 valence electrons. The van der Waals surface area contributed by atoms with E-state index in [1.54, 1.807) is 36.1 Å². The Morgan fingerprint density at radius 2 is 1.59 bits per heavy atom. The number of piperazine rings is 1. The van der Waals surface area contributed by atoms with Crippen LogP contribution in [0.5, 0.6) is 0 Å². The highest BCUT2D eigenvalue weighted by molar-refractivity contribution is 6.30. The monoisotopic (exact) mass is 522 g/mol. The number of aliphatic imine (C=N–C) groups is 1. The first kappa shape index (κ1) is 25.4. The minimum Gasteiger partial charge on any atom is -0.369 e. The SMILES string of the molecule is CC1=NC(c2ccc(F)cc2)(c2cccc(F)c2)C(=O)N1CCCN1CCN(c2cccc(Cl)c2)CC1. The summed E-state index contributed by atoms with van der Waals surface area (Å²) in [6.07, 6.45) is 0.776. The Bertz CT molecular complexity index is 1310. The number of anilines is 1. The first-order valence-corrected chi connectivity index (χ1v) is 12.9. The number of rotatable bonds is 7. The van der Waals surface area contributed by atoms with Crippen LogP contribution in [0.1, 0.15) is 24.5 Å². The Labute approximate surface area is 221 Å². The van der Waals surface area contributed by atoms with Crippen molar-refractivity contribution in [3.63, 3.8) is 0 Å². The van der Waals surface area contributed by atoms with Gasteiger partial charge in [0.1, 0.15) is 17.5 Å². The van der Waals surface area contributed by atoms with Crippen molar-refractivity contribution in [3.8, 4) is 0 Å². The molecule has 8 heteroatoms. The van der Waals surface area contributed by atoms with E-state index in [1.807, 2.05) is 18.2 Å². The molecular weight excluding hydrogens is 494 g/mol. The maximum atomic E-state index is 14.2. The van der Waals surface area contributed by atoms with E-state index in [0.717, 1.165) is 49.9 Å². The van der Waals surface area contributed by atoms with Crippen LogP contribution in [0, 0.1) is 11.6 Å². The second kappa shape index (κ2) is 10.6. The van der Waals surface area contributed by atoms with Crippen LogP contribution in [0.15, 0.2) is 77.8 Å². The topological polar surface area (TPSA) is 39.2 Å². The molecule has 5 nitrogen and oxygen atoms in total. The van der Waals surface area contributed by atoms with Gasteiger partial charge in [-0.25, -0.2) is 13.8 Å². The summed E-state index contributed by atoms with van der Waals surface area (Å²) in [4.78, 5) is 25.1. The highest BCUT2D eigenvalue weighted by atomic mass is 35.5. The summed E-state index contributed by atoms with van der Waals surface area (Å²) in [5.41, 5.74) is 0.658. The Hall–Kier alpha value is -3.29. The van der Waals surface area contributed by atoms with Crippen molar-refractivity contribution < 1.29 is 13.6 Å². The molecule has 0 saturated carbocycles. The Kier molecular flexibility index (Phi) is 7.26. The Balaban J connectivity index is 1.26. The average molecular weight is 523 g/mol. The molecule has 1 fully saturated rings. The van der Waals surface area contributed by atoms with Gasteiger partial charge in [0, 0.05) is 43.4 Å². The lowest BCUT2D eigenvalue weighted by Gasteiger charge is -2.36. The lowest BCUT2D eigenvalue weighted by molar-refractivity contribution is -0.130. The fourth-order valence-electron chi connectivity index (χ4n) is 5.26. The maximum Gasteiger partial charge on any atom is 0.265 e. The summed E-state index contributed by atoms with van der Waals surface area (Å²) in [6, 6.07) is 19.6. The van der Waals surface area contributed by atoms with Gasteiger partial charge in [-0.05, 0) is 73.5 Å². The van der Waals surface area contributed by atoms with Crippen LogP contribution in [0.4, 0.5) is 14.5 Å². The summed E-state index contributed by atoms with van der Waals surface area (Å²) >= 11 is 6.15. The maximum absolute atomic E-state index is 14.2. The molecule has 3 aromatic carbocycles. The van der Waals surface area contributed by atoms with Crippen LogP contribution in [0.3, 0.4) is 0 Å². The second-order valence-electron chi connectivity index (χ2n) is 9.51. The molecule has 0 aromatic heterocycles. The molecule has 0 bridgehead atoms. The lowest BCUT2D eigenvalue weighted by Crippen LogP contribution is -2.47. The van der Waals surface area contributed by atoms with E-state index in [1.165, 1.54) is 24.3 Å². The number of nitrogens with zero attached hydrogens (tertiary/aromatic N) is 4. The molecule has 2 aliphatic rings. The number of carbonyl (C=O) groups is 1. The van der Waals surface area contributed by atoms with Crippen LogP contribution in [0.2, 0.25) is 5.02 Å². The number of amidine groups is 1. The zero-order valence-electron chi connectivity index (χ0n) is 20.7. The molecule has 1 atom stereocenters. The zero-order valence-corrected chi connectivity index (χ0v) is 21.5. The third-order valence-corrected chi connectivity index (χ3v) is 7.42. The molecule has 37 heavy (non-hydrogen) atoms. The van der Waals surface area contributed by atoms with Gasteiger partial charge >= 0.3 is 0 Å². The van der Waals surface area contributed by atoms with Crippen LogP contribution >= 0.6 is 11.6 Å². The number of halogens is 3. The standard InChI is InChI=1S/C29H29ClF2N4O/c1-21-33-29(22-9-11-25(31)12-10-22,23-5-2-7-26(32)19-23)28(37)36(21)14-4-13-34-15-17-35(18-16-34)27-8-3-6-24(30)20-27/h2-3,5-12,19-20H,4,13-18H2,1H3. The average Bonchev–Trinajstić information content (AvgIpc) is 3.15. The van der Waals surface area contributed by atoms with Gasteiger partial charge < -0.3 is 4.90 Å². The summed E-state index contributed by atoms with van der Waals surface area (Å²) in [6.45, 7) is 6.83. The third-order valence-electron chi connectivity index (χ3n) is 7.18. The molecule has 0 aliphatic carbocycles. The quantitative estimate of drug-likeness (QED) is 0.421. The van der Waals surface area contributed by atoms with Gasteiger partial charge in [0.25, 0.3) is 5.91 Å². The van der Waals surface area contributed by atoms with Crippen LogP contribution in [-0.2, 0) is 10.3 Å². The van der Waals surface area contributed by atoms with Crippen LogP contribution in [-0.4, -0.2) is 60.8 Å². The van der Waals surface area contributed by atoms with Gasteiger partial charge in [0.2, 0.25) is 0 Å². The van der Waals surface area contributed by atoms with Crippen LogP contribution < -0.4 is 4.90 Å². The van der Waals surface area contributed by atoms with Gasteiger partial charge in [-0.3, -0.25) is 14.6 Å². The normalized spacial score (nSPS) is 20.4. The van der Waals surface area contributed by atoms with Gasteiger partial charge in [-0.1, -0.05) is 41.9 Å². The Morgan fingerprint density at radius 1 is 0.865 bits per heavy atom. The van der Waals surface area contributed by atoms with Crippen molar-refractivity contribution >= 4 is 29.0 Å². The van der Waals surface area contributed by atoms with E-state index < -0.39 is 17.2 Å². The number of benzene rings is 3. The van der Waals surface area contributed by atoms with Gasteiger partial charge in [0.15, 0.2) is 5.54 Å². The third kappa shape index (κ3) is 5.11. The fourth-order valence-corrected chi connectivity index (χ4v) is 5.44. The second-order valence-corrected chi connectivity index (χ2v) is 9.94. The predicted octanol–water partition coefficient (Wildman–Crippen LogP) is 5.33. The van der Waals surface area contributed by atoms with E-state index in [-0.39, 0.29) is 5.91 Å². The summed E-state index contributed by atoms with van der Waals surface area (Å²) in [5.74, 6) is -0.524. The molecule has 1 saturated heterocycles. The minimum atomic E-state index is -1.43. The molecule has 1 amide bonds. The lowest BCUT2D eigenvalue weighted by atomic mass is 9.82. The van der Waals surface area contributed by atoms with Gasteiger partial charge in [0.05, 0.1) is 0 Å². The van der Waals surface area contributed by atoms with E-state index in [0.29, 0.717) is 23.5 Å². The van der Waals surface area contributed by atoms with Crippen molar-refractivity contribution in [2.24, 2.45) is 4.99 Å². The molecule has 5 rings (SSSR count). The summed E-state index contributed by atoms with van der Waals surface area (Å²) in [7, 11) is 0. The minimum absolute atomic E-state index is 0.243. The first-order valence-electron chi connectivity index (χ1n) is 12.5. The van der Waals surface area contributed by atoms with E-state index in [9.17, 15) is 13.6 Å². The number of hydrogen-bond donors (Lipinski definition) is 0. The van der Waals surface area contributed by atoms with Crippen LogP contribution in [0.25, 0.3) is 0 Å². The fraction of sp³-hybridized carbons (Fsp3) is 0.310. The molecule has 0 radical (unpaired) electrons. The van der Waals surface area contributed by atoms with Crippen molar-refractivity contribution in [3.05, 3.63) is 101 Å². The van der Waals surface area contributed by atoms with Gasteiger partial charge in [-0.15, -0.1) is 0 Å². The highest BCUT2D eigenvalue weighted by Crippen LogP contribution is 2.40. The number of hydrogen-bond acceptors (Lipinski definition) is 4. The molecule has 0 spiro atoms. The van der Waals surface area contributed by atoms with E-state index in [2.05, 4.69) is 15.9 Å². The highest BCUT2D eigenvalue weighted by Gasteiger charge is 2.50. The number of amides is 1. The molecule has 0 N–H and O–H groups in total. The van der Waals surface area contributed by atoms with Crippen molar-refractivity contribution in [2.45, 2.75) is 18.9 Å². The smallest absolute Gasteiger partial charge is 0.265 e. The molecule has 3 aromatic rings. The molecular formula is C29H29ClF2N4O. The first-order chi connectivity index (χ1) is 17.9. The largest absolute Gasteiger partial charge is 0.369 e. The van der Waals surface area contributed by atoms with E-state index >= 15 is 0 Å². The summed E-state index contributed by atoms with van der Waals surface area (Å²) in [5, 5.41) is 0.738. The Morgan fingerprint density at radius 3 is 2.30 bits per heavy atom.